The maximum atomic E-state index is 13.6. The zero-order chi connectivity index (χ0) is 20.4. The van der Waals surface area contributed by atoms with Crippen LogP contribution in [0.25, 0.3) is 0 Å². The summed E-state index contributed by atoms with van der Waals surface area (Å²) in [6.07, 6.45) is -4.66. The fourth-order valence-corrected chi connectivity index (χ4v) is 3.00. The minimum Gasteiger partial charge on any atom is -0.343 e. The number of carbonyl (C=O) groups excluding carboxylic acids is 1. The number of anilines is 1. The smallest absolute Gasteiger partial charge is 0.343 e. The van der Waals surface area contributed by atoms with Gasteiger partial charge in [-0.15, -0.1) is 0 Å². The number of benzene rings is 2. The Labute approximate surface area is 149 Å². The lowest BCUT2D eigenvalue weighted by molar-refractivity contribution is -0.123. The largest absolute Gasteiger partial charge is 0.405 e. The minimum absolute atomic E-state index is 0.409. The second-order valence-electron chi connectivity index (χ2n) is 5.15. The molecule has 1 amide bonds. The summed E-state index contributed by atoms with van der Waals surface area (Å²) in [6.45, 7) is -1.62. The standard InChI is InChI=1S/C15H10F6N2O3S/c16-10-4-5-11(13(18)12(10)17)23-27(25,26)9-3-1-2-8(6-9)14(24)22-7-15(19,20)21/h1-6,23H,7H2,(H,22,24). The lowest BCUT2D eigenvalue weighted by Crippen LogP contribution is -2.33. The molecule has 2 aromatic carbocycles. The van der Waals surface area contributed by atoms with Crippen molar-refractivity contribution in [2.75, 3.05) is 11.3 Å². The van der Waals surface area contributed by atoms with Crippen LogP contribution in [0.15, 0.2) is 41.3 Å². The van der Waals surface area contributed by atoms with E-state index in [9.17, 15) is 39.6 Å². The highest BCUT2D eigenvalue weighted by atomic mass is 32.2. The van der Waals surface area contributed by atoms with Gasteiger partial charge in [0.2, 0.25) is 0 Å². The van der Waals surface area contributed by atoms with Gasteiger partial charge in [0.05, 0.1) is 10.6 Å². The second-order valence-corrected chi connectivity index (χ2v) is 6.84. The molecule has 0 atom stereocenters. The molecule has 0 heterocycles. The van der Waals surface area contributed by atoms with Crippen molar-refractivity contribution in [1.82, 2.24) is 5.32 Å². The third-order valence-electron chi connectivity index (χ3n) is 3.14. The van der Waals surface area contributed by atoms with Crippen molar-refractivity contribution in [3.63, 3.8) is 0 Å². The Balaban J connectivity index is 2.27. The Morgan fingerprint density at radius 3 is 2.30 bits per heavy atom. The summed E-state index contributed by atoms with van der Waals surface area (Å²) in [6, 6.07) is 4.98. The fourth-order valence-electron chi connectivity index (χ4n) is 1.90. The van der Waals surface area contributed by atoms with Gasteiger partial charge in [0.1, 0.15) is 6.54 Å². The number of sulfonamides is 1. The zero-order valence-corrected chi connectivity index (χ0v) is 13.9. The van der Waals surface area contributed by atoms with Gasteiger partial charge in [0.25, 0.3) is 15.9 Å². The normalized spacial score (nSPS) is 11.9. The molecule has 2 N–H and O–H groups in total. The molecule has 0 aliphatic carbocycles. The van der Waals surface area contributed by atoms with Crippen LogP contribution in [0.1, 0.15) is 10.4 Å². The third-order valence-corrected chi connectivity index (χ3v) is 4.50. The monoisotopic (exact) mass is 412 g/mol. The van der Waals surface area contributed by atoms with Crippen LogP contribution in [0.5, 0.6) is 0 Å². The van der Waals surface area contributed by atoms with Gasteiger partial charge in [-0.3, -0.25) is 9.52 Å². The molecule has 27 heavy (non-hydrogen) atoms. The van der Waals surface area contributed by atoms with Crippen molar-refractivity contribution < 1.29 is 39.6 Å². The molecule has 2 rings (SSSR count). The van der Waals surface area contributed by atoms with Crippen LogP contribution < -0.4 is 10.0 Å². The average Bonchev–Trinajstić information content (AvgIpc) is 2.59. The van der Waals surface area contributed by atoms with Gasteiger partial charge >= 0.3 is 6.18 Å². The van der Waals surface area contributed by atoms with Crippen molar-refractivity contribution >= 4 is 21.6 Å². The topological polar surface area (TPSA) is 75.3 Å². The van der Waals surface area contributed by atoms with E-state index in [4.69, 9.17) is 0 Å². The van der Waals surface area contributed by atoms with Crippen molar-refractivity contribution in [2.45, 2.75) is 11.1 Å². The number of halogens is 6. The minimum atomic E-state index is -4.66. The second kappa shape index (κ2) is 7.47. The molecule has 146 valence electrons. The van der Waals surface area contributed by atoms with Crippen LogP contribution in [0.2, 0.25) is 0 Å². The first-order valence-corrected chi connectivity index (χ1v) is 8.50. The predicted molar refractivity (Wildman–Crippen MR) is 82.0 cm³/mol. The number of rotatable bonds is 5. The quantitative estimate of drug-likeness (QED) is 0.585. The van der Waals surface area contributed by atoms with Crippen LogP contribution in [-0.2, 0) is 10.0 Å². The summed E-state index contributed by atoms with van der Waals surface area (Å²) in [5.74, 6) is -6.39. The van der Waals surface area contributed by atoms with Crippen LogP contribution in [0, 0.1) is 17.5 Å². The van der Waals surface area contributed by atoms with Gasteiger partial charge < -0.3 is 5.32 Å². The van der Waals surface area contributed by atoms with Crippen molar-refractivity contribution in [3.8, 4) is 0 Å². The fraction of sp³-hybridized carbons (Fsp3) is 0.133. The molecule has 0 bridgehead atoms. The Morgan fingerprint density at radius 1 is 1.00 bits per heavy atom. The first-order chi connectivity index (χ1) is 12.4. The third kappa shape index (κ3) is 5.12. The molecule has 0 radical (unpaired) electrons. The summed E-state index contributed by atoms with van der Waals surface area (Å²) in [4.78, 5) is 11.1. The summed E-state index contributed by atoms with van der Waals surface area (Å²) in [5.41, 5.74) is -1.30. The van der Waals surface area contributed by atoms with E-state index in [2.05, 4.69) is 0 Å². The van der Waals surface area contributed by atoms with Gasteiger partial charge in [0, 0.05) is 5.56 Å². The summed E-state index contributed by atoms with van der Waals surface area (Å²) in [7, 11) is -4.55. The first kappa shape index (κ1) is 20.6. The number of hydrogen-bond donors (Lipinski definition) is 2. The van der Waals surface area contributed by atoms with E-state index in [0.717, 1.165) is 24.3 Å². The number of carbonyl (C=O) groups is 1. The van der Waals surface area contributed by atoms with Crippen molar-refractivity contribution in [1.29, 1.82) is 0 Å². The molecule has 0 saturated carbocycles. The Kier molecular flexibility index (Phi) is 5.68. The number of amides is 1. The van der Waals surface area contributed by atoms with E-state index < -0.39 is 62.2 Å². The molecule has 0 aromatic heterocycles. The van der Waals surface area contributed by atoms with Gasteiger partial charge in [-0.05, 0) is 30.3 Å². The van der Waals surface area contributed by atoms with E-state index in [0.29, 0.717) is 12.1 Å². The number of alkyl halides is 3. The molecule has 0 aliphatic heterocycles. The highest BCUT2D eigenvalue weighted by Gasteiger charge is 2.28. The zero-order valence-electron chi connectivity index (χ0n) is 13.1. The van der Waals surface area contributed by atoms with E-state index in [1.807, 2.05) is 0 Å². The molecule has 12 heteroatoms. The van der Waals surface area contributed by atoms with E-state index in [1.165, 1.54) is 0 Å². The van der Waals surface area contributed by atoms with Crippen LogP contribution >= 0.6 is 0 Å². The molecule has 2 aromatic rings. The van der Waals surface area contributed by atoms with Crippen molar-refractivity contribution in [3.05, 3.63) is 59.4 Å². The van der Waals surface area contributed by atoms with Crippen molar-refractivity contribution in [2.24, 2.45) is 0 Å². The van der Waals surface area contributed by atoms with Gasteiger partial charge in [-0.2, -0.15) is 13.2 Å². The molecular formula is C15H10F6N2O3S. The molecule has 5 nitrogen and oxygen atoms in total. The predicted octanol–water partition coefficient (Wildman–Crippen LogP) is 3.20. The van der Waals surface area contributed by atoms with Crippen LogP contribution in [-0.4, -0.2) is 27.0 Å². The summed E-state index contributed by atoms with van der Waals surface area (Å²) in [5, 5.41) is 1.56. The lowest BCUT2D eigenvalue weighted by Gasteiger charge is -2.11. The van der Waals surface area contributed by atoms with Crippen LogP contribution in [0.3, 0.4) is 0 Å². The number of nitrogens with one attached hydrogen (secondary N) is 2. The lowest BCUT2D eigenvalue weighted by atomic mass is 10.2. The highest BCUT2D eigenvalue weighted by molar-refractivity contribution is 7.92. The molecule has 0 fully saturated rings. The molecular weight excluding hydrogens is 402 g/mol. The van der Waals surface area contributed by atoms with Gasteiger partial charge in [-0.25, -0.2) is 21.6 Å². The number of hydrogen-bond acceptors (Lipinski definition) is 3. The first-order valence-electron chi connectivity index (χ1n) is 7.02. The highest BCUT2D eigenvalue weighted by Crippen LogP contribution is 2.23. The SMILES string of the molecule is O=C(NCC(F)(F)F)c1cccc(S(=O)(=O)Nc2ccc(F)c(F)c2F)c1. The maximum absolute atomic E-state index is 13.6. The van der Waals surface area contributed by atoms with E-state index >= 15 is 0 Å². The maximum Gasteiger partial charge on any atom is 0.405 e. The van der Waals surface area contributed by atoms with E-state index in [-0.39, 0.29) is 0 Å². The van der Waals surface area contributed by atoms with Crippen LogP contribution in [0.4, 0.5) is 32.0 Å². The Morgan fingerprint density at radius 2 is 1.67 bits per heavy atom. The van der Waals surface area contributed by atoms with Gasteiger partial charge in [-0.1, -0.05) is 6.07 Å². The van der Waals surface area contributed by atoms with Gasteiger partial charge in [0.15, 0.2) is 17.5 Å². The van der Waals surface area contributed by atoms with E-state index in [1.54, 1.807) is 10.0 Å². The summed E-state index contributed by atoms with van der Waals surface area (Å²) < 4.78 is 102. The average molecular weight is 412 g/mol. The Hall–Kier alpha value is -2.76. The summed E-state index contributed by atoms with van der Waals surface area (Å²) >= 11 is 0. The Bertz CT molecular complexity index is 976. The molecule has 0 unspecified atom stereocenters. The molecule has 0 aliphatic rings. The molecule has 0 spiro atoms. The molecule has 0 saturated heterocycles.